The second-order valence-corrected chi connectivity index (χ2v) is 11.2. The molecular formula is C27H36FN7. The van der Waals surface area contributed by atoms with Crippen LogP contribution < -0.4 is 5.32 Å². The fourth-order valence-corrected chi connectivity index (χ4v) is 6.92. The van der Waals surface area contributed by atoms with Gasteiger partial charge in [0.15, 0.2) is 5.82 Å². The second-order valence-electron chi connectivity index (χ2n) is 11.2. The van der Waals surface area contributed by atoms with Gasteiger partial charge in [0.05, 0.1) is 18.4 Å². The highest BCUT2D eigenvalue weighted by molar-refractivity contribution is 5.18. The van der Waals surface area contributed by atoms with E-state index in [1.807, 2.05) is 29.3 Å². The summed E-state index contributed by atoms with van der Waals surface area (Å²) in [7, 11) is 0. The Morgan fingerprint density at radius 2 is 1.74 bits per heavy atom. The number of aryl methyl sites for hydroxylation is 1. The Kier molecular flexibility index (Phi) is 6.16. The molecule has 6 rings (SSSR count). The molecule has 3 aromatic rings. The molecule has 35 heavy (non-hydrogen) atoms. The summed E-state index contributed by atoms with van der Waals surface area (Å²) in [6.45, 7) is 1.54. The molecule has 186 valence electrons. The van der Waals surface area contributed by atoms with Gasteiger partial charge >= 0.3 is 0 Å². The quantitative estimate of drug-likeness (QED) is 0.573. The molecule has 0 bridgehead atoms. The summed E-state index contributed by atoms with van der Waals surface area (Å²) >= 11 is 0. The van der Waals surface area contributed by atoms with Crippen molar-refractivity contribution < 1.29 is 4.39 Å². The molecule has 1 spiro atoms. The highest BCUT2D eigenvalue weighted by atomic mass is 19.1. The lowest BCUT2D eigenvalue weighted by atomic mass is 9.63. The monoisotopic (exact) mass is 477 g/mol. The van der Waals surface area contributed by atoms with Gasteiger partial charge in [0.2, 0.25) is 0 Å². The van der Waals surface area contributed by atoms with E-state index < -0.39 is 0 Å². The number of hydrogen-bond donors (Lipinski definition) is 1. The van der Waals surface area contributed by atoms with Crippen molar-refractivity contribution in [2.45, 2.75) is 102 Å². The molecule has 3 heterocycles. The first-order valence-electron chi connectivity index (χ1n) is 13.4. The Bertz CT molecular complexity index is 1120. The molecule has 0 radical (unpaired) electrons. The molecule has 1 atom stereocenters. The van der Waals surface area contributed by atoms with Crippen molar-refractivity contribution in [3.05, 3.63) is 59.7 Å². The van der Waals surface area contributed by atoms with E-state index in [9.17, 15) is 4.39 Å². The normalized spacial score (nSPS) is 23.6. The van der Waals surface area contributed by atoms with E-state index in [2.05, 4.69) is 30.4 Å². The number of imidazole rings is 1. The fourth-order valence-electron chi connectivity index (χ4n) is 6.92. The van der Waals surface area contributed by atoms with Crippen LogP contribution in [0.25, 0.3) is 0 Å². The summed E-state index contributed by atoms with van der Waals surface area (Å²) in [4.78, 5) is 4.36. The maximum atomic E-state index is 13.5. The highest BCUT2D eigenvalue weighted by Crippen LogP contribution is 2.51. The molecular weight excluding hydrogens is 441 g/mol. The summed E-state index contributed by atoms with van der Waals surface area (Å²) in [6.07, 6.45) is 18.8. The molecule has 1 N–H and O–H groups in total. The zero-order valence-corrected chi connectivity index (χ0v) is 20.5. The van der Waals surface area contributed by atoms with Gasteiger partial charge in [-0.25, -0.2) is 14.1 Å². The van der Waals surface area contributed by atoms with Crippen molar-refractivity contribution in [2.24, 2.45) is 5.41 Å². The Balaban J connectivity index is 1.28. The average Bonchev–Trinajstić information content (AvgIpc) is 3.48. The van der Waals surface area contributed by atoms with Crippen LogP contribution in [0.5, 0.6) is 0 Å². The molecule has 7 nitrogen and oxygen atoms in total. The van der Waals surface area contributed by atoms with Crippen LogP contribution in [0.15, 0.2) is 36.8 Å². The minimum atomic E-state index is -0.242. The van der Waals surface area contributed by atoms with Crippen molar-refractivity contribution in [3.8, 4) is 0 Å². The van der Waals surface area contributed by atoms with Gasteiger partial charge in [-0.3, -0.25) is 0 Å². The van der Waals surface area contributed by atoms with Gasteiger partial charge in [-0.05, 0) is 78.5 Å². The lowest BCUT2D eigenvalue weighted by Gasteiger charge is -2.48. The number of rotatable bonds is 5. The first-order chi connectivity index (χ1) is 17.1. The number of nitrogens with zero attached hydrogens (tertiary/aromatic N) is 6. The summed E-state index contributed by atoms with van der Waals surface area (Å²) in [5.74, 6) is 0.714. The van der Waals surface area contributed by atoms with Gasteiger partial charge in [0.1, 0.15) is 5.82 Å². The fraction of sp³-hybridized carbons (Fsp3) is 0.630. The predicted molar refractivity (Wildman–Crippen MR) is 131 cm³/mol. The van der Waals surface area contributed by atoms with Crippen LogP contribution in [0.2, 0.25) is 0 Å². The van der Waals surface area contributed by atoms with Crippen LogP contribution >= 0.6 is 0 Å². The van der Waals surface area contributed by atoms with E-state index in [4.69, 9.17) is 0 Å². The minimum absolute atomic E-state index is 0.221. The van der Waals surface area contributed by atoms with E-state index in [-0.39, 0.29) is 11.4 Å². The van der Waals surface area contributed by atoms with Crippen LogP contribution in [-0.2, 0) is 25.0 Å². The third-order valence-electron chi connectivity index (χ3n) is 8.99. The van der Waals surface area contributed by atoms with Gasteiger partial charge in [-0.1, -0.05) is 37.8 Å². The number of aromatic nitrogens is 6. The Hall–Kier alpha value is -2.61. The summed E-state index contributed by atoms with van der Waals surface area (Å²) in [5, 5.41) is 17.3. The molecule has 2 aromatic heterocycles. The van der Waals surface area contributed by atoms with Gasteiger partial charge < -0.3 is 9.88 Å². The van der Waals surface area contributed by atoms with Crippen LogP contribution in [-0.4, -0.2) is 35.8 Å². The Morgan fingerprint density at radius 3 is 2.51 bits per heavy atom. The molecule has 1 aliphatic heterocycles. The number of benzene rings is 1. The predicted octanol–water partition coefficient (Wildman–Crippen LogP) is 4.77. The number of tetrazole rings is 1. The standard InChI is InChI=1S/C27H36FN7/c28-22-7-5-21(6-8-22)19-35-25(31-32-33-35)27(30-23-9-16-34-20-29-18-24(34)17-23)14-12-26(13-15-27)10-3-1-2-4-11-26/h5-8,18,20,23,30H,1-4,9-17,19H2. The molecule has 2 fully saturated rings. The third-order valence-corrected chi connectivity index (χ3v) is 8.99. The summed E-state index contributed by atoms with van der Waals surface area (Å²) < 4.78 is 17.7. The second kappa shape index (κ2) is 9.45. The number of nitrogens with one attached hydrogen (secondary N) is 1. The molecule has 2 aliphatic carbocycles. The van der Waals surface area contributed by atoms with Crippen molar-refractivity contribution in [1.29, 1.82) is 0 Å². The van der Waals surface area contributed by atoms with Crippen molar-refractivity contribution in [2.75, 3.05) is 0 Å². The topological polar surface area (TPSA) is 73.5 Å². The van der Waals surface area contributed by atoms with Crippen LogP contribution in [0, 0.1) is 11.2 Å². The van der Waals surface area contributed by atoms with Gasteiger partial charge in [-0.15, -0.1) is 5.10 Å². The molecule has 0 amide bonds. The SMILES string of the molecule is Fc1ccc(Cn2nnnc2C2(NC3CCn4cncc4C3)CCC3(CCCCCC3)CC2)cc1. The zero-order chi connectivity index (χ0) is 23.7. The maximum Gasteiger partial charge on any atom is 0.171 e. The summed E-state index contributed by atoms with van der Waals surface area (Å²) in [5.41, 5.74) is 2.55. The molecule has 1 aromatic carbocycles. The zero-order valence-electron chi connectivity index (χ0n) is 20.5. The smallest absolute Gasteiger partial charge is 0.171 e. The molecule has 1 unspecified atom stereocenters. The first-order valence-corrected chi connectivity index (χ1v) is 13.4. The lowest BCUT2D eigenvalue weighted by molar-refractivity contribution is 0.0707. The van der Waals surface area contributed by atoms with Crippen molar-refractivity contribution in [1.82, 2.24) is 35.1 Å². The van der Waals surface area contributed by atoms with E-state index >= 15 is 0 Å². The average molecular weight is 478 g/mol. The number of fused-ring (bicyclic) bond motifs is 1. The number of hydrogen-bond acceptors (Lipinski definition) is 5. The van der Waals surface area contributed by atoms with Crippen molar-refractivity contribution in [3.63, 3.8) is 0 Å². The van der Waals surface area contributed by atoms with E-state index in [1.54, 1.807) is 0 Å². The first kappa shape index (κ1) is 22.8. The Labute approximate surface area is 206 Å². The van der Waals surface area contributed by atoms with E-state index in [0.29, 0.717) is 18.0 Å². The largest absolute Gasteiger partial charge is 0.334 e. The molecule has 2 saturated carbocycles. The number of halogens is 1. The molecule has 0 saturated heterocycles. The van der Waals surface area contributed by atoms with Crippen LogP contribution in [0.3, 0.4) is 0 Å². The molecule has 3 aliphatic rings. The van der Waals surface area contributed by atoms with Gasteiger partial charge in [-0.2, -0.15) is 0 Å². The lowest BCUT2D eigenvalue weighted by Crippen LogP contribution is -2.54. The molecule has 8 heteroatoms. The van der Waals surface area contributed by atoms with Crippen LogP contribution in [0.4, 0.5) is 4.39 Å². The summed E-state index contributed by atoms with van der Waals surface area (Å²) in [6, 6.07) is 7.04. The van der Waals surface area contributed by atoms with Crippen LogP contribution in [0.1, 0.15) is 87.7 Å². The van der Waals surface area contributed by atoms with E-state index in [0.717, 1.165) is 43.6 Å². The maximum absolute atomic E-state index is 13.5. The van der Waals surface area contributed by atoms with Crippen molar-refractivity contribution >= 4 is 0 Å². The van der Waals surface area contributed by atoms with E-state index in [1.165, 1.54) is 69.2 Å². The van der Waals surface area contributed by atoms with Gasteiger partial charge in [0, 0.05) is 30.9 Å². The van der Waals surface area contributed by atoms with Gasteiger partial charge in [0.25, 0.3) is 0 Å². The minimum Gasteiger partial charge on any atom is -0.334 e. The highest BCUT2D eigenvalue weighted by Gasteiger charge is 2.47. The third kappa shape index (κ3) is 4.65. The Morgan fingerprint density at radius 1 is 0.971 bits per heavy atom.